The first-order valence-electron chi connectivity index (χ1n) is 8.09. The molecule has 0 atom stereocenters. The van der Waals surface area contributed by atoms with Gasteiger partial charge < -0.3 is 9.15 Å². The van der Waals surface area contributed by atoms with Crippen LogP contribution in [-0.4, -0.2) is 18.4 Å². The van der Waals surface area contributed by atoms with Crippen LogP contribution >= 0.6 is 0 Å². The highest BCUT2D eigenvalue weighted by Crippen LogP contribution is 2.21. The molecule has 3 rings (SSSR count). The van der Waals surface area contributed by atoms with Crippen molar-refractivity contribution in [2.45, 2.75) is 6.42 Å². The summed E-state index contributed by atoms with van der Waals surface area (Å²) in [6.07, 6.45) is 2.08. The van der Waals surface area contributed by atoms with Gasteiger partial charge in [0.1, 0.15) is 5.75 Å². The molecule has 0 unspecified atom stereocenters. The van der Waals surface area contributed by atoms with Crippen LogP contribution in [0.15, 0.2) is 77.4 Å². The molecule has 0 aliphatic carbocycles. The fourth-order valence-electron chi connectivity index (χ4n) is 2.38. The summed E-state index contributed by atoms with van der Waals surface area (Å²) in [6, 6.07) is 20.6. The van der Waals surface area contributed by atoms with E-state index in [9.17, 15) is 9.59 Å². The van der Waals surface area contributed by atoms with E-state index < -0.39 is 11.8 Å². The third-order valence-corrected chi connectivity index (χ3v) is 3.63. The molecule has 26 heavy (non-hydrogen) atoms. The molecule has 2 aromatic carbocycles. The zero-order chi connectivity index (χ0) is 18.2. The average Bonchev–Trinajstić information content (AvgIpc) is 3.21. The number of carbonyl (C=O) groups excluding carboxylic acids is 2. The first-order valence-corrected chi connectivity index (χ1v) is 8.09. The second-order valence-corrected chi connectivity index (χ2v) is 5.54. The second-order valence-electron chi connectivity index (χ2n) is 5.54. The molecule has 1 heterocycles. The lowest BCUT2D eigenvalue weighted by atomic mass is 10.0. The summed E-state index contributed by atoms with van der Waals surface area (Å²) in [4.78, 5) is 23.6. The molecule has 6 nitrogen and oxygen atoms in total. The lowest BCUT2D eigenvalue weighted by molar-refractivity contribution is -0.123. The van der Waals surface area contributed by atoms with Crippen molar-refractivity contribution in [1.29, 1.82) is 0 Å². The molecule has 0 fully saturated rings. The Hall–Kier alpha value is -3.54. The van der Waals surface area contributed by atoms with Gasteiger partial charge in [-0.05, 0) is 29.3 Å². The SMILES string of the molecule is O=C(COc1ccccc1Cc1ccccc1)NNC(=O)c1ccco1. The smallest absolute Gasteiger partial charge is 0.305 e. The Morgan fingerprint density at radius 1 is 0.885 bits per heavy atom. The molecule has 0 aliphatic heterocycles. The number of hydrogen-bond donors (Lipinski definition) is 2. The maximum absolute atomic E-state index is 11.9. The quantitative estimate of drug-likeness (QED) is 0.670. The average molecular weight is 350 g/mol. The zero-order valence-corrected chi connectivity index (χ0v) is 14.0. The largest absolute Gasteiger partial charge is 0.483 e. The van der Waals surface area contributed by atoms with Gasteiger partial charge in [-0.15, -0.1) is 0 Å². The van der Waals surface area contributed by atoms with Crippen LogP contribution in [0, 0.1) is 0 Å². The van der Waals surface area contributed by atoms with Gasteiger partial charge >= 0.3 is 5.91 Å². The molecule has 0 radical (unpaired) electrons. The van der Waals surface area contributed by atoms with E-state index in [1.165, 1.54) is 12.3 Å². The van der Waals surface area contributed by atoms with Gasteiger partial charge in [0, 0.05) is 6.42 Å². The van der Waals surface area contributed by atoms with Crippen LogP contribution in [0.1, 0.15) is 21.7 Å². The first kappa shape index (κ1) is 17.3. The summed E-state index contributed by atoms with van der Waals surface area (Å²) >= 11 is 0. The van der Waals surface area contributed by atoms with Crippen molar-refractivity contribution in [3.05, 3.63) is 89.9 Å². The Kier molecular flexibility index (Phi) is 5.67. The van der Waals surface area contributed by atoms with Crippen LogP contribution in [0.25, 0.3) is 0 Å². The molecular weight excluding hydrogens is 332 g/mol. The number of ether oxygens (including phenoxy) is 1. The Morgan fingerprint density at radius 3 is 2.42 bits per heavy atom. The van der Waals surface area contributed by atoms with E-state index in [1.807, 2.05) is 54.6 Å². The summed E-state index contributed by atoms with van der Waals surface area (Å²) in [5.74, 6) is -0.268. The number of hydrogen-bond acceptors (Lipinski definition) is 4. The van der Waals surface area contributed by atoms with Crippen LogP contribution in [0.2, 0.25) is 0 Å². The molecule has 3 aromatic rings. The third kappa shape index (κ3) is 4.73. The van der Waals surface area contributed by atoms with E-state index in [4.69, 9.17) is 9.15 Å². The molecule has 2 N–H and O–H groups in total. The maximum atomic E-state index is 11.9. The monoisotopic (exact) mass is 350 g/mol. The molecule has 6 heteroatoms. The number of benzene rings is 2. The minimum absolute atomic E-state index is 0.111. The number of para-hydroxylation sites is 1. The third-order valence-electron chi connectivity index (χ3n) is 3.63. The highest BCUT2D eigenvalue weighted by Gasteiger charge is 2.11. The molecular formula is C20H18N2O4. The number of furan rings is 1. The van der Waals surface area contributed by atoms with Gasteiger partial charge in [-0.2, -0.15) is 0 Å². The van der Waals surface area contributed by atoms with E-state index in [0.29, 0.717) is 12.2 Å². The summed E-state index contributed by atoms with van der Waals surface area (Å²) in [5, 5.41) is 0. The number of amides is 2. The standard InChI is InChI=1S/C20H18N2O4/c23-19(21-22-20(24)18-11-6-12-25-18)14-26-17-10-5-4-9-16(17)13-15-7-2-1-3-8-15/h1-12H,13-14H2,(H,21,23)(H,22,24). The lowest BCUT2D eigenvalue weighted by Gasteiger charge is -2.12. The molecule has 0 saturated heterocycles. The van der Waals surface area contributed by atoms with E-state index in [0.717, 1.165) is 11.1 Å². The summed E-state index contributed by atoms with van der Waals surface area (Å²) in [6.45, 7) is -0.218. The minimum atomic E-state index is -0.534. The lowest BCUT2D eigenvalue weighted by Crippen LogP contribution is -2.43. The van der Waals surface area contributed by atoms with Crippen LogP contribution in [0.5, 0.6) is 5.75 Å². The van der Waals surface area contributed by atoms with Gasteiger partial charge in [0.2, 0.25) is 0 Å². The molecule has 132 valence electrons. The number of hydrazine groups is 1. The van der Waals surface area contributed by atoms with Crippen LogP contribution in [-0.2, 0) is 11.2 Å². The van der Waals surface area contributed by atoms with E-state index in [1.54, 1.807) is 6.07 Å². The molecule has 2 amide bonds. The van der Waals surface area contributed by atoms with Gasteiger partial charge in [-0.3, -0.25) is 20.4 Å². The van der Waals surface area contributed by atoms with Crippen molar-refractivity contribution in [2.24, 2.45) is 0 Å². The number of rotatable bonds is 6. The fraction of sp³-hybridized carbons (Fsp3) is 0.100. The molecule has 0 saturated carbocycles. The first-order chi connectivity index (χ1) is 12.7. The minimum Gasteiger partial charge on any atom is -0.483 e. The van der Waals surface area contributed by atoms with E-state index >= 15 is 0 Å². The van der Waals surface area contributed by atoms with E-state index in [2.05, 4.69) is 10.9 Å². The predicted octanol–water partition coefficient (Wildman–Crippen LogP) is 2.71. The van der Waals surface area contributed by atoms with Gasteiger partial charge in [0.05, 0.1) is 6.26 Å². The number of carbonyl (C=O) groups is 2. The summed E-state index contributed by atoms with van der Waals surface area (Å²) < 4.78 is 10.5. The predicted molar refractivity (Wildman–Crippen MR) is 95.5 cm³/mol. The van der Waals surface area contributed by atoms with E-state index in [-0.39, 0.29) is 12.4 Å². The van der Waals surface area contributed by atoms with Crippen molar-refractivity contribution >= 4 is 11.8 Å². The second kappa shape index (κ2) is 8.53. The van der Waals surface area contributed by atoms with Crippen molar-refractivity contribution in [1.82, 2.24) is 10.9 Å². The molecule has 0 spiro atoms. The Balaban J connectivity index is 1.53. The fourth-order valence-corrected chi connectivity index (χ4v) is 2.38. The van der Waals surface area contributed by atoms with Crippen LogP contribution in [0.4, 0.5) is 0 Å². The van der Waals surface area contributed by atoms with Gasteiger partial charge in [0.25, 0.3) is 5.91 Å². The maximum Gasteiger partial charge on any atom is 0.305 e. The summed E-state index contributed by atoms with van der Waals surface area (Å²) in [7, 11) is 0. The van der Waals surface area contributed by atoms with Crippen molar-refractivity contribution in [2.75, 3.05) is 6.61 Å². The van der Waals surface area contributed by atoms with Crippen molar-refractivity contribution < 1.29 is 18.7 Å². The van der Waals surface area contributed by atoms with Gasteiger partial charge in [-0.25, -0.2) is 0 Å². The highest BCUT2D eigenvalue weighted by atomic mass is 16.5. The van der Waals surface area contributed by atoms with Gasteiger partial charge in [-0.1, -0.05) is 48.5 Å². The number of nitrogens with one attached hydrogen (secondary N) is 2. The Labute approximate surface area is 150 Å². The van der Waals surface area contributed by atoms with Crippen molar-refractivity contribution in [3.8, 4) is 5.75 Å². The Morgan fingerprint density at radius 2 is 1.65 bits per heavy atom. The normalized spacial score (nSPS) is 10.2. The highest BCUT2D eigenvalue weighted by molar-refractivity contribution is 5.93. The van der Waals surface area contributed by atoms with Gasteiger partial charge in [0.15, 0.2) is 12.4 Å². The molecule has 0 aliphatic rings. The van der Waals surface area contributed by atoms with Crippen molar-refractivity contribution in [3.63, 3.8) is 0 Å². The zero-order valence-electron chi connectivity index (χ0n) is 14.0. The summed E-state index contributed by atoms with van der Waals surface area (Å²) in [5.41, 5.74) is 6.68. The van der Waals surface area contributed by atoms with Crippen LogP contribution < -0.4 is 15.6 Å². The molecule has 0 bridgehead atoms. The topological polar surface area (TPSA) is 80.6 Å². The molecule has 1 aromatic heterocycles. The Bertz CT molecular complexity index is 861. The van der Waals surface area contributed by atoms with Crippen LogP contribution in [0.3, 0.4) is 0 Å².